The van der Waals surface area contributed by atoms with Gasteiger partial charge in [-0.2, -0.15) is 0 Å². The number of amides is 1. The van der Waals surface area contributed by atoms with Gasteiger partial charge >= 0.3 is 0 Å². The third-order valence-electron chi connectivity index (χ3n) is 2.78. The van der Waals surface area contributed by atoms with Crippen LogP contribution in [-0.2, 0) is 0 Å². The van der Waals surface area contributed by atoms with Crippen LogP contribution in [-0.4, -0.2) is 17.9 Å². The maximum atomic E-state index is 12.1. The zero-order valence-corrected chi connectivity index (χ0v) is 13.2. The molecule has 2 rings (SSSR count). The molecule has 2 aromatic carbocycles. The highest BCUT2D eigenvalue weighted by Gasteiger charge is 2.06. The van der Waals surface area contributed by atoms with Gasteiger partial charge in [-0.25, -0.2) is 0 Å². The van der Waals surface area contributed by atoms with Crippen LogP contribution in [0.3, 0.4) is 0 Å². The fraction of sp³-hybridized carbons (Fsp3) is 0.188. The Morgan fingerprint density at radius 3 is 2.15 bits per heavy atom. The van der Waals surface area contributed by atoms with Crippen molar-refractivity contribution >= 4 is 35.1 Å². The second-order valence-corrected chi connectivity index (χ2v) is 6.36. The number of carbonyl (C=O) groups excluding carboxylic acids is 1. The lowest BCUT2D eigenvalue weighted by molar-refractivity contribution is 0.102. The molecule has 2 nitrogen and oxygen atoms in total. The average molecular weight is 303 g/mol. The molecule has 4 heteroatoms. The lowest BCUT2D eigenvalue weighted by atomic mass is 10.2. The summed E-state index contributed by atoms with van der Waals surface area (Å²) in [5, 5.41) is 2.91. The van der Waals surface area contributed by atoms with Crippen LogP contribution in [0.1, 0.15) is 17.3 Å². The van der Waals surface area contributed by atoms with Crippen LogP contribution >= 0.6 is 23.5 Å². The Morgan fingerprint density at radius 2 is 1.60 bits per heavy atom. The predicted molar refractivity (Wildman–Crippen MR) is 89.0 cm³/mol. The van der Waals surface area contributed by atoms with Gasteiger partial charge in [0.05, 0.1) is 0 Å². The van der Waals surface area contributed by atoms with E-state index >= 15 is 0 Å². The molecule has 0 saturated carbocycles. The molecule has 104 valence electrons. The molecule has 0 aliphatic heterocycles. The molecular weight excluding hydrogens is 286 g/mol. The standard InChI is InChI=1S/C16H17NOS2/c1-3-20-15-8-4-12(5-9-15)16(18)17-13-6-10-14(19-2)11-7-13/h4-11H,3H2,1-2H3,(H,17,18). The SMILES string of the molecule is CCSc1ccc(C(=O)Nc2ccc(SC)cc2)cc1. The van der Waals surface area contributed by atoms with Gasteiger partial charge in [0.2, 0.25) is 0 Å². The van der Waals surface area contributed by atoms with Crippen LogP contribution in [0.2, 0.25) is 0 Å². The van der Waals surface area contributed by atoms with Crippen molar-refractivity contribution in [3.05, 3.63) is 54.1 Å². The van der Waals surface area contributed by atoms with E-state index in [-0.39, 0.29) is 5.91 Å². The lowest BCUT2D eigenvalue weighted by Gasteiger charge is -2.06. The normalized spacial score (nSPS) is 10.3. The zero-order valence-electron chi connectivity index (χ0n) is 11.6. The average Bonchev–Trinajstić information content (AvgIpc) is 2.49. The van der Waals surface area contributed by atoms with Gasteiger partial charge in [0.25, 0.3) is 5.91 Å². The van der Waals surface area contributed by atoms with Crippen LogP contribution < -0.4 is 5.32 Å². The minimum absolute atomic E-state index is 0.0741. The van der Waals surface area contributed by atoms with E-state index in [9.17, 15) is 4.79 Å². The quantitative estimate of drug-likeness (QED) is 0.806. The minimum atomic E-state index is -0.0741. The molecular formula is C16H17NOS2. The van der Waals surface area contributed by atoms with Crippen molar-refractivity contribution in [2.75, 3.05) is 17.3 Å². The predicted octanol–water partition coefficient (Wildman–Crippen LogP) is 4.77. The molecule has 0 fully saturated rings. The van der Waals surface area contributed by atoms with Gasteiger partial charge in [-0.15, -0.1) is 23.5 Å². The Bertz CT molecular complexity index is 564. The summed E-state index contributed by atoms with van der Waals surface area (Å²) >= 11 is 3.45. The van der Waals surface area contributed by atoms with Gasteiger partial charge in [-0.1, -0.05) is 6.92 Å². The van der Waals surface area contributed by atoms with E-state index in [1.165, 1.54) is 9.79 Å². The number of anilines is 1. The molecule has 0 radical (unpaired) electrons. The Balaban J connectivity index is 2.03. The van der Waals surface area contributed by atoms with E-state index in [2.05, 4.69) is 12.2 Å². The van der Waals surface area contributed by atoms with E-state index in [4.69, 9.17) is 0 Å². The van der Waals surface area contributed by atoms with Crippen molar-refractivity contribution in [1.29, 1.82) is 0 Å². The highest BCUT2D eigenvalue weighted by Crippen LogP contribution is 2.20. The first-order valence-electron chi connectivity index (χ1n) is 6.41. The first-order valence-corrected chi connectivity index (χ1v) is 8.62. The van der Waals surface area contributed by atoms with Gasteiger partial charge in [0.1, 0.15) is 0 Å². The van der Waals surface area contributed by atoms with Crippen LogP contribution in [0.15, 0.2) is 58.3 Å². The maximum Gasteiger partial charge on any atom is 0.255 e. The molecule has 0 unspecified atom stereocenters. The summed E-state index contributed by atoms with van der Waals surface area (Å²) in [5.41, 5.74) is 1.50. The zero-order chi connectivity index (χ0) is 14.4. The molecule has 0 bridgehead atoms. The number of thioether (sulfide) groups is 2. The monoisotopic (exact) mass is 303 g/mol. The number of hydrogen-bond donors (Lipinski definition) is 1. The summed E-state index contributed by atoms with van der Waals surface area (Å²) in [7, 11) is 0. The molecule has 0 aliphatic rings. The molecule has 20 heavy (non-hydrogen) atoms. The summed E-state index contributed by atoms with van der Waals surface area (Å²) in [5.74, 6) is 0.961. The van der Waals surface area contributed by atoms with E-state index in [0.717, 1.165) is 11.4 Å². The summed E-state index contributed by atoms with van der Waals surface area (Å²) in [6.45, 7) is 2.11. The molecule has 0 heterocycles. The third kappa shape index (κ3) is 4.05. The summed E-state index contributed by atoms with van der Waals surface area (Å²) < 4.78 is 0. The van der Waals surface area contributed by atoms with E-state index in [0.29, 0.717) is 5.56 Å². The van der Waals surface area contributed by atoms with Gasteiger partial charge in [-0.3, -0.25) is 4.79 Å². The van der Waals surface area contributed by atoms with Crippen molar-refractivity contribution in [3.63, 3.8) is 0 Å². The molecule has 0 saturated heterocycles. The second kappa shape index (κ2) is 7.41. The van der Waals surface area contributed by atoms with Crippen molar-refractivity contribution in [2.45, 2.75) is 16.7 Å². The number of carbonyl (C=O) groups is 1. The highest BCUT2D eigenvalue weighted by molar-refractivity contribution is 7.99. The van der Waals surface area contributed by atoms with Crippen LogP contribution in [0.25, 0.3) is 0 Å². The molecule has 0 atom stereocenters. The van der Waals surface area contributed by atoms with Crippen molar-refractivity contribution in [2.24, 2.45) is 0 Å². The molecule has 0 spiro atoms. The Morgan fingerprint density at radius 1 is 1.00 bits per heavy atom. The first kappa shape index (κ1) is 15.0. The first-order chi connectivity index (χ1) is 9.72. The van der Waals surface area contributed by atoms with Gasteiger partial charge in [0.15, 0.2) is 0 Å². The van der Waals surface area contributed by atoms with Gasteiger partial charge in [0, 0.05) is 21.0 Å². The second-order valence-electron chi connectivity index (χ2n) is 4.14. The van der Waals surface area contributed by atoms with Crippen molar-refractivity contribution in [3.8, 4) is 0 Å². The summed E-state index contributed by atoms with van der Waals surface area (Å²) in [4.78, 5) is 14.5. The number of benzene rings is 2. The van der Waals surface area contributed by atoms with Gasteiger partial charge in [-0.05, 0) is 60.5 Å². The fourth-order valence-corrected chi connectivity index (χ4v) is 2.82. The van der Waals surface area contributed by atoms with Crippen molar-refractivity contribution < 1.29 is 4.79 Å². The third-order valence-corrected chi connectivity index (χ3v) is 4.41. The maximum absolute atomic E-state index is 12.1. The smallest absolute Gasteiger partial charge is 0.255 e. The van der Waals surface area contributed by atoms with Crippen molar-refractivity contribution in [1.82, 2.24) is 0 Å². The summed E-state index contributed by atoms with van der Waals surface area (Å²) in [6, 6.07) is 15.5. The van der Waals surface area contributed by atoms with E-state index < -0.39 is 0 Å². The largest absolute Gasteiger partial charge is 0.322 e. The number of hydrogen-bond acceptors (Lipinski definition) is 3. The molecule has 1 N–H and O–H groups in total. The topological polar surface area (TPSA) is 29.1 Å². The number of nitrogens with one attached hydrogen (secondary N) is 1. The molecule has 0 aliphatic carbocycles. The lowest BCUT2D eigenvalue weighted by Crippen LogP contribution is -2.11. The number of rotatable bonds is 5. The fourth-order valence-electron chi connectivity index (χ4n) is 1.75. The Kier molecular flexibility index (Phi) is 5.56. The van der Waals surface area contributed by atoms with Crippen LogP contribution in [0, 0.1) is 0 Å². The van der Waals surface area contributed by atoms with Crippen LogP contribution in [0.4, 0.5) is 5.69 Å². The molecule has 1 amide bonds. The Hall–Kier alpha value is -1.39. The van der Waals surface area contributed by atoms with E-state index in [1.807, 2.05) is 54.8 Å². The molecule has 2 aromatic rings. The summed E-state index contributed by atoms with van der Waals surface area (Å²) in [6.07, 6.45) is 2.03. The molecule has 0 aromatic heterocycles. The van der Waals surface area contributed by atoms with Gasteiger partial charge < -0.3 is 5.32 Å². The minimum Gasteiger partial charge on any atom is -0.322 e. The van der Waals surface area contributed by atoms with E-state index in [1.54, 1.807) is 23.5 Å². The highest BCUT2D eigenvalue weighted by atomic mass is 32.2. The van der Waals surface area contributed by atoms with Crippen LogP contribution in [0.5, 0.6) is 0 Å². The Labute approximate surface area is 128 Å².